The molecular weight excluding hydrogens is 334 g/mol. The first kappa shape index (κ1) is 14.0. The number of H-pyrrole nitrogens is 2. The fourth-order valence-electron chi connectivity index (χ4n) is 2.32. The molecule has 0 spiro atoms. The summed E-state index contributed by atoms with van der Waals surface area (Å²) in [6.07, 6.45) is 1.42. The van der Waals surface area contributed by atoms with Crippen LogP contribution in [0.5, 0.6) is 0 Å². The fourth-order valence-corrected chi connectivity index (χ4v) is 4.38. The van der Waals surface area contributed by atoms with Crippen LogP contribution in [0.15, 0.2) is 52.3 Å². The predicted molar refractivity (Wildman–Crippen MR) is 88.8 cm³/mol. The number of benzene rings is 1. The van der Waals surface area contributed by atoms with Crippen LogP contribution in [0.4, 0.5) is 5.69 Å². The molecule has 116 valence electrons. The summed E-state index contributed by atoms with van der Waals surface area (Å²) in [4.78, 5) is 7.27. The summed E-state index contributed by atoms with van der Waals surface area (Å²) in [6, 6.07) is 10.6. The molecular formula is C14H11N5O2S2. The van der Waals surface area contributed by atoms with Gasteiger partial charge < -0.3 is 4.98 Å². The second kappa shape index (κ2) is 5.21. The van der Waals surface area contributed by atoms with Crippen LogP contribution in [0.25, 0.3) is 22.4 Å². The van der Waals surface area contributed by atoms with Gasteiger partial charge in [-0.3, -0.25) is 9.82 Å². The second-order valence-electron chi connectivity index (χ2n) is 4.82. The lowest BCUT2D eigenvalue weighted by Crippen LogP contribution is -2.11. The van der Waals surface area contributed by atoms with Gasteiger partial charge in [-0.15, -0.1) is 11.3 Å². The number of fused-ring (bicyclic) bond motifs is 1. The predicted octanol–water partition coefficient (Wildman–Crippen LogP) is 2.82. The summed E-state index contributed by atoms with van der Waals surface area (Å²) in [5, 5.41) is 9.20. The third kappa shape index (κ3) is 2.49. The minimum atomic E-state index is -3.59. The lowest BCUT2D eigenvalue weighted by atomic mass is 10.2. The minimum Gasteiger partial charge on any atom is -0.350 e. The first-order valence-corrected chi connectivity index (χ1v) is 9.03. The fraction of sp³-hybridized carbons (Fsp3) is 0. The molecule has 0 aliphatic carbocycles. The number of para-hydroxylation sites is 1. The molecule has 0 fully saturated rings. The number of rotatable bonds is 4. The van der Waals surface area contributed by atoms with E-state index >= 15 is 0 Å². The van der Waals surface area contributed by atoms with Gasteiger partial charge in [0.05, 0.1) is 16.9 Å². The van der Waals surface area contributed by atoms with Crippen molar-refractivity contribution in [1.29, 1.82) is 0 Å². The van der Waals surface area contributed by atoms with Crippen LogP contribution in [-0.2, 0) is 10.0 Å². The average Bonchev–Trinajstić information content (AvgIpc) is 3.27. The van der Waals surface area contributed by atoms with Crippen LogP contribution in [0, 0.1) is 0 Å². The highest BCUT2D eigenvalue weighted by Crippen LogP contribution is 2.29. The standard InChI is InChI=1S/C14H11N5O2S2/c20-23(21,12-5-2-6-22-12)19-10-4-1-3-9-7-11(17-13(9)10)14-15-8-16-18-14/h1-8,17,19H,(H,15,16,18). The third-order valence-electron chi connectivity index (χ3n) is 3.33. The maximum atomic E-state index is 12.4. The zero-order chi connectivity index (χ0) is 15.9. The molecule has 0 atom stereocenters. The van der Waals surface area contributed by atoms with E-state index < -0.39 is 10.0 Å². The number of anilines is 1. The molecule has 4 aromatic rings. The molecule has 3 heterocycles. The largest absolute Gasteiger partial charge is 0.350 e. The van der Waals surface area contributed by atoms with Gasteiger partial charge >= 0.3 is 0 Å². The normalized spacial score (nSPS) is 11.8. The Morgan fingerprint density at radius 2 is 2.09 bits per heavy atom. The van der Waals surface area contributed by atoms with Crippen LogP contribution in [0.3, 0.4) is 0 Å². The SMILES string of the molecule is O=S(=O)(Nc1cccc2cc(-c3ncn[nH]3)[nH]c12)c1cccs1. The van der Waals surface area contributed by atoms with Crippen molar-refractivity contribution in [2.75, 3.05) is 4.72 Å². The van der Waals surface area contributed by atoms with Crippen molar-refractivity contribution in [3.8, 4) is 11.5 Å². The molecule has 7 nitrogen and oxygen atoms in total. The second-order valence-corrected chi connectivity index (χ2v) is 7.68. The molecule has 0 radical (unpaired) electrons. The maximum absolute atomic E-state index is 12.4. The number of nitrogens with one attached hydrogen (secondary N) is 3. The minimum absolute atomic E-state index is 0.275. The van der Waals surface area contributed by atoms with Crippen LogP contribution < -0.4 is 4.72 Å². The van der Waals surface area contributed by atoms with E-state index in [1.54, 1.807) is 29.6 Å². The highest BCUT2D eigenvalue weighted by atomic mass is 32.2. The van der Waals surface area contributed by atoms with Crippen molar-refractivity contribution in [3.05, 3.63) is 48.1 Å². The van der Waals surface area contributed by atoms with Gasteiger partial charge in [-0.25, -0.2) is 13.4 Å². The first-order chi connectivity index (χ1) is 11.1. The molecule has 3 aromatic heterocycles. The van der Waals surface area contributed by atoms with E-state index in [1.165, 1.54) is 17.7 Å². The molecule has 23 heavy (non-hydrogen) atoms. The van der Waals surface area contributed by atoms with Crippen molar-refractivity contribution in [2.24, 2.45) is 0 Å². The van der Waals surface area contributed by atoms with Gasteiger partial charge in [-0.05, 0) is 23.6 Å². The number of aromatic nitrogens is 4. The number of hydrogen-bond acceptors (Lipinski definition) is 5. The lowest BCUT2D eigenvalue weighted by molar-refractivity contribution is 0.603. The van der Waals surface area contributed by atoms with Gasteiger partial charge in [0, 0.05) is 5.39 Å². The Kier molecular flexibility index (Phi) is 3.17. The first-order valence-electron chi connectivity index (χ1n) is 6.67. The zero-order valence-electron chi connectivity index (χ0n) is 11.6. The molecule has 0 aliphatic heterocycles. The number of aromatic amines is 2. The highest BCUT2D eigenvalue weighted by molar-refractivity contribution is 7.94. The maximum Gasteiger partial charge on any atom is 0.271 e. The Labute approximate surface area is 135 Å². The monoisotopic (exact) mass is 345 g/mol. The molecule has 0 saturated carbocycles. The summed E-state index contributed by atoms with van der Waals surface area (Å²) in [7, 11) is -3.59. The molecule has 4 rings (SSSR count). The van der Waals surface area contributed by atoms with Gasteiger partial charge in [-0.2, -0.15) is 5.10 Å². The molecule has 0 bridgehead atoms. The van der Waals surface area contributed by atoms with Gasteiger partial charge in [0.15, 0.2) is 5.82 Å². The van der Waals surface area contributed by atoms with E-state index in [2.05, 4.69) is 24.9 Å². The summed E-state index contributed by atoms with van der Waals surface area (Å²) in [5.74, 6) is 0.591. The summed E-state index contributed by atoms with van der Waals surface area (Å²) < 4.78 is 27.7. The molecule has 1 aromatic carbocycles. The highest BCUT2D eigenvalue weighted by Gasteiger charge is 2.17. The topological polar surface area (TPSA) is 104 Å². The van der Waals surface area contributed by atoms with Crippen LogP contribution in [0.1, 0.15) is 0 Å². The molecule has 0 amide bonds. The number of nitrogens with zero attached hydrogens (tertiary/aromatic N) is 2. The Morgan fingerprint density at radius 1 is 1.17 bits per heavy atom. The van der Waals surface area contributed by atoms with E-state index in [4.69, 9.17) is 0 Å². The molecule has 0 unspecified atom stereocenters. The van der Waals surface area contributed by atoms with E-state index in [1.807, 2.05) is 12.1 Å². The Balaban J connectivity index is 1.79. The third-order valence-corrected chi connectivity index (χ3v) is 6.09. The number of thiophene rings is 1. The van der Waals surface area contributed by atoms with Gasteiger partial charge in [0.25, 0.3) is 10.0 Å². The summed E-state index contributed by atoms with van der Waals surface area (Å²) >= 11 is 1.17. The average molecular weight is 345 g/mol. The van der Waals surface area contributed by atoms with Crippen molar-refractivity contribution >= 4 is 38.0 Å². The molecule has 0 aliphatic rings. The van der Waals surface area contributed by atoms with Crippen LogP contribution in [-0.4, -0.2) is 28.6 Å². The smallest absolute Gasteiger partial charge is 0.271 e. The summed E-state index contributed by atoms with van der Waals surface area (Å²) in [6.45, 7) is 0. The molecule has 3 N–H and O–H groups in total. The van der Waals surface area contributed by atoms with Crippen molar-refractivity contribution in [1.82, 2.24) is 20.2 Å². The van der Waals surface area contributed by atoms with Gasteiger partial charge in [-0.1, -0.05) is 18.2 Å². The number of sulfonamides is 1. The Morgan fingerprint density at radius 3 is 2.83 bits per heavy atom. The Hall–Kier alpha value is -2.65. The van der Waals surface area contributed by atoms with Crippen molar-refractivity contribution in [2.45, 2.75) is 4.21 Å². The van der Waals surface area contributed by atoms with Crippen molar-refractivity contribution < 1.29 is 8.42 Å². The van der Waals surface area contributed by atoms with E-state index in [-0.39, 0.29) is 4.21 Å². The Bertz CT molecular complexity index is 1050. The summed E-state index contributed by atoms with van der Waals surface area (Å²) in [5.41, 5.74) is 1.92. The molecule has 9 heteroatoms. The van der Waals surface area contributed by atoms with E-state index in [0.717, 1.165) is 11.1 Å². The quantitative estimate of drug-likeness (QED) is 0.529. The van der Waals surface area contributed by atoms with Gasteiger partial charge in [0.2, 0.25) is 0 Å². The number of hydrogen-bond donors (Lipinski definition) is 3. The van der Waals surface area contributed by atoms with Gasteiger partial charge in [0.1, 0.15) is 10.5 Å². The van der Waals surface area contributed by atoms with Crippen molar-refractivity contribution in [3.63, 3.8) is 0 Å². The zero-order valence-corrected chi connectivity index (χ0v) is 13.3. The molecule has 0 saturated heterocycles. The van der Waals surface area contributed by atoms with Crippen LogP contribution >= 0.6 is 11.3 Å². The van der Waals surface area contributed by atoms with Crippen LogP contribution in [0.2, 0.25) is 0 Å². The van der Waals surface area contributed by atoms with E-state index in [0.29, 0.717) is 17.0 Å². The lowest BCUT2D eigenvalue weighted by Gasteiger charge is -2.07. The van der Waals surface area contributed by atoms with E-state index in [9.17, 15) is 8.42 Å².